The van der Waals surface area contributed by atoms with Crippen molar-refractivity contribution in [3.63, 3.8) is 0 Å². The maximum atomic E-state index is 3.84. The average Bonchev–Trinajstić information content (AvgIpc) is 3.13. The molecule has 0 nitrogen and oxygen atoms in total. The number of hydrogen-bond acceptors (Lipinski definition) is 0. The van der Waals surface area contributed by atoms with E-state index >= 15 is 0 Å². The van der Waals surface area contributed by atoms with Crippen molar-refractivity contribution in [2.24, 2.45) is 0 Å². The van der Waals surface area contributed by atoms with Gasteiger partial charge in [0.15, 0.2) is 0 Å². The molecule has 7 aromatic rings. The Morgan fingerprint density at radius 3 is 1.00 bits per heavy atom. The summed E-state index contributed by atoms with van der Waals surface area (Å²) in [6.45, 7) is 18.6. The first-order chi connectivity index (χ1) is 25.1. The van der Waals surface area contributed by atoms with Crippen LogP contribution in [0.25, 0.3) is 43.1 Å². The molecule has 0 aliphatic rings. The molecule has 0 fully saturated rings. The minimum Gasteiger partial charge on any atom is -0.129 e. The van der Waals surface area contributed by atoms with Crippen LogP contribution >= 0.6 is 0 Å². The number of hydrogen-bond donors (Lipinski definition) is 0. The van der Waals surface area contributed by atoms with Gasteiger partial charge in [-0.1, -0.05) is 152 Å². The molecule has 0 aliphatic carbocycles. The Morgan fingerprint density at radius 1 is 0.385 bits per heavy atom. The number of rotatable bonds is 6. The molecule has 0 spiro atoms. The van der Waals surface area contributed by atoms with E-state index in [0.717, 1.165) is 11.1 Å². The average molecular weight is 707 g/mol. The third-order valence-corrected chi connectivity index (χ3v) is 13.4. The van der Waals surface area contributed by atoms with E-state index in [9.17, 15) is 0 Å². The lowest BCUT2D eigenvalue weighted by Gasteiger charge is -2.19. The van der Waals surface area contributed by atoms with Crippen molar-refractivity contribution in [1.29, 1.82) is 0 Å². The topological polar surface area (TPSA) is 0 Å². The lowest BCUT2D eigenvalue weighted by atomic mass is 9.89. The van der Waals surface area contributed by atoms with Crippen molar-refractivity contribution in [2.75, 3.05) is 0 Å². The molecule has 7 aromatic carbocycles. The van der Waals surface area contributed by atoms with Crippen molar-refractivity contribution in [2.45, 2.75) is 79.1 Å². The molecule has 0 amide bonds. The van der Waals surface area contributed by atoms with Crippen molar-refractivity contribution in [1.82, 2.24) is 0 Å². The molecule has 0 radical (unpaired) electrons. The van der Waals surface area contributed by atoms with E-state index in [1.54, 1.807) is 0 Å². The summed E-state index contributed by atoms with van der Waals surface area (Å²) < 4.78 is 0. The summed E-state index contributed by atoms with van der Waals surface area (Å²) in [6.07, 6.45) is 0. The van der Waals surface area contributed by atoms with E-state index in [0.29, 0.717) is 23.7 Å². The highest BCUT2D eigenvalue weighted by molar-refractivity contribution is 6.63. The molecule has 0 aliphatic heterocycles. The summed E-state index contributed by atoms with van der Waals surface area (Å²) in [7, 11) is -1.70. The first kappa shape index (κ1) is 35.5. The maximum Gasteiger partial charge on any atom is 0.138 e. The molecule has 0 bridgehead atoms. The first-order valence-corrected chi connectivity index (χ1v) is 22.0. The van der Waals surface area contributed by atoms with Crippen molar-refractivity contribution in [3.8, 4) is 22.9 Å². The van der Waals surface area contributed by atoms with Crippen LogP contribution in [0.1, 0.15) is 112 Å². The molecule has 0 saturated heterocycles. The van der Waals surface area contributed by atoms with Crippen LogP contribution in [0.4, 0.5) is 0 Å². The fourth-order valence-electron chi connectivity index (χ4n) is 8.31. The molecule has 0 atom stereocenters. The molecule has 0 aromatic heterocycles. The fraction of sp³-hybridized carbons (Fsp3) is 0.240. The zero-order valence-corrected chi connectivity index (χ0v) is 34.9. The quantitative estimate of drug-likeness (QED) is 0.0918. The van der Waals surface area contributed by atoms with Crippen LogP contribution in [0.15, 0.2) is 109 Å². The van der Waals surface area contributed by atoms with Gasteiger partial charge in [0.25, 0.3) is 0 Å². The molecule has 7 rings (SSSR count). The highest BCUT2D eigenvalue weighted by atomic mass is 28.2. The molecule has 0 saturated carbocycles. The van der Waals surface area contributed by atoms with Gasteiger partial charge in [-0.2, -0.15) is 0 Å². The minimum atomic E-state index is -0.852. The summed E-state index contributed by atoms with van der Waals surface area (Å²) in [5, 5.41) is 12.7. The summed E-state index contributed by atoms with van der Waals surface area (Å²) in [5.41, 5.74) is 15.9. The smallest absolute Gasteiger partial charge is 0.129 e. The summed E-state index contributed by atoms with van der Waals surface area (Å²) >= 11 is 0. The Morgan fingerprint density at radius 2 is 0.712 bits per heavy atom. The van der Waals surface area contributed by atoms with E-state index in [-0.39, 0.29) is 0 Å². The van der Waals surface area contributed by atoms with E-state index in [1.807, 2.05) is 0 Å². The summed E-state index contributed by atoms with van der Waals surface area (Å²) in [5.74, 6) is 9.65. The lowest BCUT2D eigenvalue weighted by molar-refractivity contribution is 0.795. The highest BCUT2D eigenvalue weighted by Gasteiger charge is 2.17. The van der Waals surface area contributed by atoms with E-state index < -0.39 is 19.0 Å². The Balaban J connectivity index is 1.47. The SMILES string of the molecule is CC(C)c1cccc([SiH2]C#Cc2c3cc4ccccc4cc3c(C#C[SiH2]c3cccc(C(C)C)c3C(C)C)c3cc4ccccc4cc23)c1C(C)C. The molecule has 2 heteroatoms. The van der Waals surface area contributed by atoms with E-state index in [4.69, 9.17) is 0 Å². The van der Waals surface area contributed by atoms with Gasteiger partial charge in [-0.3, -0.25) is 0 Å². The van der Waals surface area contributed by atoms with Gasteiger partial charge in [0.1, 0.15) is 19.0 Å². The first-order valence-electron chi connectivity index (χ1n) is 19.1. The molecule has 0 N–H and O–H groups in total. The predicted octanol–water partition coefficient (Wildman–Crippen LogP) is 10.4. The van der Waals surface area contributed by atoms with Crippen LogP contribution in [-0.2, 0) is 0 Å². The van der Waals surface area contributed by atoms with Gasteiger partial charge in [0.05, 0.1) is 0 Å². The molecule has 0 unspecified atom stereocenters. The van der Waals surface area contributed by atoms with Crippen LogP contribution in [0.5, 0.6) is 0 Å². The molecular weight excluding hydrogens is 657 g/mol. The predicted molar refractivity (Wildman–Crippen MR) is 236 cm³/mol. The van der Waals surface area contributed by atoms with Crippen molar-refractivity contribution >= 4 is 72.5 Å². The second kappa shape index (κ2) is 15.0. The zero-order valence-electron chi connectivity index (χ0n) is 32.1. The van der Waals surface area contributed by atoms with Gasteiger partial charge in [0, 0.05) is 11.1 Å². The molecule has 52 heavy (non-hydrogen) atoms. The maximum absolute atomic E-state index is 3.84. The van der Waals surface area contributed by atoms with E-state index in [2.05, 4.69) is 188 Å². The Labute approximate surface area is 315 Å². The Kier molecular flexibility index (Phi) is 10.3. The van der Waals surface area contributed by atoms with Gasteiger partial charge >= 0.3 is 0 Å². The van der Waals surface area contributed by atoms with Crippen molar-refractivity contribution < 1.29 is 0 Å². The summed E-state index contributed by atoms with van der Waals surface area (Å²) in [4.78, 5) is 0. The second-order valence-corrected chi connectivity index (χ2v) is 18.6. The van der Waals surface area contributed by atoms with Gasteiger partial charge in [0.2, 0.25) is 0 Å². The molecular formula is C50H50Si2. The van der Waals surface area contributed by atoms with Crippen LogP contribution in [-0.4, -0.2) is 19.0 Å². The van der Waals surface area contributed by atoms with Gasteiger partial charge < -0.3 is 0 Å². The standard InChI is InChI=1S/C50H50Si2/c1-31(2)39-19-13-21-47(49(39)33(5)6)51-25-23-41-43-27-35-15-9-11-17-37(35)29-45(43)42(46-30-38-18-12-10-16-36(38)28-44(41)46)24-26-52-48-22-14-20-40(32(3)4)50(48)34(7)8/h9-22,27-34H,51-52H2,1-8H3. The summed E-state index contributed by atoms with van der Waals surface area (Å²) in [6, 6.07) is 40.7. The largest absolute Gasteiger partial charge is 0.138 e. The van der Waals surface area contributed by atoms with Crippen LogP contribution < -0.4 is 10.4 Å². The Hall–Kier alpha value is -4.87. The third-order valence-electron chi connectivity index (χ3n) is 10.7. The zero-order chi connectivity index (χ0) is 36.5. The van der Waals surface area contributed by atoms with Crippen LogP contribution in [0, 0.1) is 22.9 Å². The minimum absolute atomic E-state index is 0.480. The highest BCUT2D eigenvalue weighted by Crippen LogP contribution is 2.37. The normalized spacial score (nSPS) is 12.1. The third kappa shape index (κ3) is 6.87. The lowest BCUT2D eigenvalue weighted by Crippen LogP contribution is -2.22. The Bertz CT molecular complexity index is 2320. The van der Waals surface area contributed by atoms with Crippen LogP contribution in [0.3, 0.4) is 0 Å². The van der Waals surface area contributed by atoms with Gasteiger partial charge in [-0.15, -0.1) is 11.1 Å². The van der Waals surface area contributed by atoms with E-state index in [1.165, 1.54) is 75.7 Å². The molecule has 258 valence electrons. The fourth-order valence-corrected chi connectivity index (χ4v) is 11.3. The second-order valence-electron chi connectivity index (χ2n) is 15.7. The molecule has 0 heterocycles. The number of benzene rings is 7. The van der Waals surface area contributed by atoms with Gasteiger partial charge in [-0.05, 0) is 124 Å². The monoisotopic (exact) mass is 706 g/mol. The van der Waals surface area contributed by atoms with Crippen LogP contribution in [0.2, 0.25) is 0 Å². The van der Waals surface area contributed by atoms with Crippen molar-refractivity contribution in [3.05, 3.63) is 143 Å². The van der Waals surface area contributed by atoms with Gasteiger partial charge in [-0.25, -0.2) is 0 Å². The number of fused-ring (bicyclic) bond motifs is 4.